The van der Waals surface area contributed by atoms with Gasteiger partial charge in [0.25, 0.3) is 5.91 Å². The van der Waals surface area contributed by atoms with Gasteiger partial charge in [0, 0.05) is 42.2 Å². The molecule has 172 valence electrons. The van der Waals surface area contributed by atoms with Crippen molar-refractivity contribution in [2.75, 3.05) is 25.6 Å². The summed E-state index contributed by atoms with van der Waals surface area (Å²) in [5.41, 5.74) is 2.88. The van der Waals surface area contributed by atoms with Crippen molar-refractivity contribution in [1.29, 1.82) is 0 Å². The molecule has 0 spiro atoms. The van der Waals surface area contributed by atoms with Crippen LogP contribution in [0, 0.1) is 0 Å². The molecule has 0 bridgehead atoms. The molecule has 0 radical (unpaired) electrons. The highest BCUT2D eigenvalue weighted by molar-refractivity contribution is 7.10. The maximum absolute atomic E-state index is 13.8. The van der Waals surface area contributed by atoms with Gasteiger partial charge in [0.2, 0.25) is 5.91 Å². The first kappa shape index (κ1) is 22.1. The number of thiophene rings is 1. The summed E-state index contributed by atoms with van der Waals surface area (Å²) in [5, 5.41) is 9.28. The summed E-state index contributed by atoms with van der Waals surface area (Å²) < 4.78 is 7.04. The minimum Gasteiger partial charge on any atom is -0.383 e. The third-order valence-electron chi connectivity index (χ3n) is 6.00. The van der Waals surface area contributed by atoms with Crippen LogP contribution in [0.15, 0.2) is 84.5 Å². The number of hydrogen-bond donors (Lipinski definition) is 1. The number of anilines is 1. The minimum atomic E-state index is -0.560. The van der Waals surface area contributed by atoms with E-state index in [0.717, 1.165) is 16.1 Å². The quantitative estimate of drug-likeness (QED) is 0.430. The van der Waals surface area contributed by atoms with Crippen LogP contribution in [0.2, 0.25) is 0 Å². The number of aromatic nitrogens is 2. The Balaban J connectivity index is 1.50. The van der Waals surface area contributed by atoms with Crippen molar-refractivity contribution < 1.29 is 14.3 Å². The van der Waals surface area contributed by atoms with E-state index >= 15 is 0 Å². The Morgan fingerprint density at radius 1 is 1.09 bits per heavy atom. The Labute approximate surface area is 201 Å². The summed E-state index contributed by atoms with van der Waals surface area (Å²) in [6.45, 7) is 0.785. The standard InChI is InChI=1S/C26H24N4O3S/c1-33-16-15-29-24(22-8-4-17-34-22)23(20-6-2-3-7-21(20)26(29)32)25(31)28-18-9-11-19(12-10-18)30-14-5-13-27-30/h2-14,17,23-24H,15-16H2,1H3,(H,28,31). The third kappa shape index (κ3) is 4.13. The van der Waals surface area contributed by atoms with Crippen molar-refractivity contribution in [3.8, 4) is 5.69 Å². The van der Waals surface area contributed by atoms with Crippen molar-refractivity contribution >= 4 is 28.8 Å². The molecule has 0 saturated heterocycles. The van der Waals surface area contributed by atoms with Gasteiger partial charge in [-0.25, -0.2) is 4.68 Å². The van der Waals surface area contributed by atoms with Crippen molar-refractivity contribution in [3.63, 3.8) is 0 Å². The van der Waals surface area contributed by atoms with Crippen molar-refractivity contribution in [2.24, 2.45) is 0 Å². The highest BCUT2D eigenvalue weighted by Crippen LogP contribution is 2.44. The highest BCUT2D eigenvalue weighted by atomic mass is 32.1. The molecule has 5 rings (SSSR count). The first-order valence-corrected chi connectivity index (χ1v) is 11.9. The second kappa shape index (κ2) is 9.62. The molecule has 3 heterocycles. The zero-order valence-corrected chi connectivity index (χ0v) is 19.4. The monoisotopic (exact) mass is 472 g/mol. The Morgan fingerprint density at radius 2 is 1.91 bits per heavy atom. The van der Waals surface area contributed by atoms with Crippen LogP contribution in [0.4, 0.5) is 5.69 Å². The number of ether oxygens (including phenoxy) is 1. The van der Waals surface area contributed by atoms with Crippen molar-refractivity contribution in [1.82, 2.24) is 14.7 Å². The summed E-state index contributed by atoms with van der Waals surface area (Å²) >= 11 is 1.55. The van der Waals surface area contributed by atoms with Crippen LogP contribution in [-0.2, 0) is 9.53 Å². The molecule has 2 atom stereocenters. The molecular weight excluding hydrogens is 448 g/mol. The lowest BCUT2D eigenvalue weighted by Crippen LogP contribution is -2.47. The fraction of sp³-hybridized carbons (Fsp3) is 0.192. The maximum atomic E-state index is 13.8. The van der Waals surface area contributed by atoms with E-state index in [1.165, 1.54) is 0 Å². The van der Waals surface area contributed by atoms with Crippen LogP contribution in [0.5, 0.6) is 0 Å². The van der Waals surface area contributed by atoms with Gasteiger partial charge < -0.3 is 15.0 Å². The van der Waals surface area contributed by atoms with Gasteiger partial charge in [-0.2, -0.15) is 5.10 Å². The van der Waals surface area contributed by atoms with E-state index < -0.39 is 12.0 Å². The third-order valence-corrected chi connectivity index (χ3v) is 6.94. The molecule has 8 heteroatoms. The zero-order valence-electron chi connectivity index (χ0n) is 18.6. The Hall–Kier alpha value is -3.75. The lowest BCUT2D eigenvalue weighted by Gasteiger charge is -2.41. The number of nitrogens with one attached hydrogen (secondary N) is 1. The normalized spacial score (nSPS) is 17.4. The minimum absolute atomic E-state index is 0.0846. The van der Waals surface area contributed by atoms with Crippen LogP contribution in [0.1, 0.15) is 32.8 Å². The Morgan fingerprint density at radius 3 is 2.62 bits per heavy atom. The summed E-state index contributed by atoms with van der Waals surface area (Å²) in [4.78, 5) is 30.0. The highest BCUT2D eigenvalue weighted by Gasteiger charge is 2.44. The molecule has 4 aromatic rings. The number of amides is 2. The molecule has 1 aliphatic heterocycles. The average molecular weight is 473 g/mol. The lowest BCUT2D eigenvalue weighted by atomic mass is 9.81. The van der Waals surface area contributed by atoms with Gasteiger partial charge in [0.1, 0.15) is 0 Å². The van der Waals surface area contributed by atoms with Crippen LogP contribution in [-0.4, -0.2) is 46.8 Å². The van der Waals surface area contributed by atoms with E-state index in [1.807, 2.05) is 72.2 Å². The van der Waals surface area contributed by atoms with E-state index in [4.69, 9.17) is 4.74 Å². The van der Waals surface area contributed by atoms with Crippen molar-refractivity contribution in [2.45, 2.75) is 12.0 Å². The van der Waals surface area contributed by atoms with Gasteiger partial charge in [-0.15, -0.1) is 11.3 Å². The van der Waals surface area contributed by atoms with Crippen LogP contribution < -0.4 is 5.32 Å². The summed E-state index contributed by atoms with van der Waals surface area (Å²) in [7, 11) is 1.61. The number of benzene rings is 2. The molecule has 2 aromatic heterocycles. The number of hydrogen-bond acceptors (Lipinski definition) is 5. The number of rotatable bonds is 7. The van der Waals surface area contributed by atoms with E-state index in [9.17, 15) is 9.59 Å². The summed E-state index contributed by atoms with van der Waals surface area (Å²) in [5.74, 6) is -0.804. The van der Waals surface area contributed by atoms with Gasteiger partial charge in [-0.3, -0.25) is 9.59 Å². The molecular formula is C26H24N4O3S. The fourth-order valence-corrected chi connectivity index (χ4v) is 5.30. The smallest absolute Gasteiger partial charge is 0.254 e. The van der Waals surface area contributed by atoms with Crippen molar-refractivity contribution in [3.05, 3.63) is 101 Å². The second-order valence-electron chi connectivity index (χ2n) is 8.00. The van der Waals surface area contributed by atoms with Crippen LogP contribution in [0.3, 0.4) is 0 Å². The molecule has 1 N–H and O–H groups in total. The first-order chi connectivity index (χ1) is 16.7. The molecule has 34 heavy (non-hydrogen) atoms. The fourth-order valence-electron chi connectivity index (χ4n) is 4.43. The molecule has 7 nitrogen and oxygen atoms in total. The van der Waals surface area contributed by atoms with E-state index in [1.54, 1.807) is 40.3 Å². The summed E-state index contributed by atoms with van der Waals surface area (Å²) in [6, 6.07) is 20.3. The lowest BCUT2D eigenvalue weighted by molar-refractivity contribution is -0.119. The van der Waals surface area contributed by atoms with Crippen LogP contribution in [0.25, 0.3) is 5.69 Å². The molecule has 1 aliphatic rings. The van der Waals surface area contributed by atoms with Gasteiger partial charge in [0.15, 0.2) is 0 Å². The second-order valence-corrected chi connectivity index (χ2v) is 8.98. The largest absolute Gasteiger partial charge is 0.383 e. The Kier molecular flexibility index (Phi) is 6.24. The number of carbonyl (C=O) groups excluding carboxylic acids is 2. The molecule has 2 unspecified atom stereocenters. The predicted octanol–water partition coefficient (Wildman–Crippen LogP) is 4.50. The van der Waals surface area contributed by atoms with Gasteiger partial charge >= 0.3 is 0 Å². The number of carbonyl (C=O) groups is 2. The Bertz CT molecular complexity index is 1270. The number of methoxy groups -OCH3 is 1. The first-order valence-electron chi connectivity index (χ1n) is 11.0. The van der Waals surface area contributed by atoms with E-state index in [-0.39, 0.29) is 11.8 Å². The van der Waals surface area contributed by atoms with Crippen LogP contribution >= 0.6 is 11.3 Å². The number of nitrogens with zero attached hydrogens (tertiary/aromatic N) is 3. The molecule has 2 aromatic carbocycles. The van der Waals surface area contributed by atoms with Gasteiger partial charge in [0.05, 0.1) is 24.3 Å². The number of fused-ring (bicyclic) bond motifs is 1. The predicted molar refractivity (Wildman–Crippen MR) is 131 cm³/mol. The van der Waals surface area contributed by atoms with Gasteiger partial charge in [-0.1, -0.05) is 24.3 Å². The van der Waals surface area contributed by atoms with Gasteiger partial charge in [-0.05, 0) is 53.4 Å². The topological polar surface area (TPSA) is 76.5 Å². The van der Waals surface area contributed by atoms with E-state index in [0.29, 0.717) is 24.4 Å². The maximum Gasteiger partial charge on any atom is 0.254 e. The SMILES string of the molecule is COCCN1C(=O)c2ccccc2C(C(=O)Nc2ccc(-n3cccn3)cc2)C1c1cccs1. The molecule has 0 saturated carbocycles. The zero-order chi connectivity index (χ0) is 23.5. The van der Waals surface area contributed by atoms with E-state index in [2.05, 4.69) is 10.4 Å². The molecule has 0 aliphatic carbocycles. The average Bonchev–Trinajstić information content (AvgIpc) is 3.58. The summed E-state index contributed by atoms with van der Waals surface area (Å²) in [6.07, 6.45) is 3.58. The molecule has 2 amide bonds. The molecule has 0 fully saturated rings.